The van der Waals surface area contributed by atoms with Gasteiger partial charge in [0.2, 0.25) is 11.8 Å². The maximum Gasteiger partial charge on any atom is 0.337 e. The summed E-state index contributed by atoms with van der Waals surface area (Å²) >= 11 is 0. The maximum absolute atomic E-state index is 13.2. The van der Waals surface area contributed by atoms with E-state index in [-0.39, 0.29) is 23.1 Å². The Hall–Kier alpha value is -6.54. The number of likely N-dealkylation sites (N-methyl/N-ethyl adjacent to an activating group) is 1. The number of urea groups is 1. The molecule has 0 radical (unpaired) electrons. The molecule has 19 heteroatoms. The number of amides is 6. The number of piperazine rings is 1. The minimum atomic E-state index is -0.910. The number of hydrogen-bond acceptors (Lipinski definition) is 14. The van der Waals surface area contributed by atoms with Crippen LogP contribution in [0.5, 0.6) is 11.5 Å². The number of benzene rings is 3. The lowest BCUT2D eigenvalue weighted by Gasteiger charge is -2.36. The summed E-state index contributed by atoms with van der Waals surface area (Å²) in [6, 6.07) is 15.7. The molecule has 6 rings (SSSR count). The third-order valence-corrected chi connectivity index (χ3v) is 11.8. The summed E-state index contributed by atoms with van der Waals surface area (Å²) in [5.74, 6) is -0.118. The fourth-order valence-corrected chi connectivity index (χ4v) is 8.15. The zero-order chi connectivity index (χ0) is 48.4. The number of hydrogen-bond donors (Lipinski definition) is 3. The van der Waals surface area contributed by atoms with E-state index in [0.29, 0.717) is 141 Å². The fourth-order valence-electron chi connectivity index (χ4n) is 8.15. The Bertz CT molecular complexity index is 2260. The quantitative estimate of drug-likeness (QED) is 0.0634. The van der Waals surface area contributed by atoms with Gasteiger partial charge in [-0.25, -0.2) is 9.80 Å². The smallest absolute Gasteiger partial charge is 0.337 e. The number of fused-ring (bicyclic) bond motifs is 2. The highest BCUT2D eigenvalue weighted by molar-refractivity contribution is 6.23. The summed E-state index contributed by atoms with van der Waals surface area (Å²) in [5.41, 5.74) is 5.62. The average molecular weight is 941 g/mol. The molecule has 0 aliphatic carbocycles. The first kappa shape index (κ1) is 50.9. The van der Waals surface area contributed by atoms with Gasteiger partial charge in [0.05, 0.1) is 96.9 Å². The predicted octanol–water partition coefficient (Wildman–Crippen LogP) is 3.55. The van der Waals surface area contributed by atoms with E-state index < -0.39 is 23.8 Å². The highest BCUT2D eigenvalue weighted by atomic mass is 16.6. The number of hydrazone groups is 1. The molecule has 3 heterocycles. The molecule has 68 heavy (non-hydrogen) atoms. The molecule has 1 saturated heterocycles. The first-order valence-corrected chi connectivity index (χ1v) is 23.0. The van der Waals surface area contributed by atoms with Gasteiger partial charge in [-0.1, -0.05) is 18.2 Å². The molecule has 366 valence electrons. The summed E-state index contributed by atoms with van der Waals surface area (Å²) in [5, 5.41) is 14.7. The van der Waals surface area contributed by atoms with Crippen molar-refractivity contribution in [1.29, 1.82) is 0 Å². The SMILES string of the molecule is C=CCCC(C(=O)NC)N1C(=O)c2ccc(NCCOCCOCCOCCOCCC(=O)N3CCN(c4ccc(C5=NN(C(=O)NC)CCc6cc(OC)c(OC)cc65)cc4)CC3)cc2C1=O. The number of rotatable bonds is 25. The van der Waals surface area contributed by atoms with Gasteiger partial charge in [0.15, 0.2) is 11.5 Å². The van der Waals surface area contributed by atoms with Crippen molar-refractivity contribution in [1.82, 2.24) is 25.4 Å². The highest BCUT2D eigenvalue weighted by Crippen LogP contribution is 2.34. The Morgan fingerprint density at radius 2 is 1.37 bits per heavy atom. The number of carbonyl (C=O) groups is 5. The molecule has 0 bridgehead atoms. The molecule has 3 aliphatic heterocycles. The Morgan fingerprint density at radius 3 is 2.00 bits per heavy atom. The van der Waals surface area contributed by atoms with Crippen molar-refractivity contribution >= 4 is 46.7 Å². The van der Waals surface area contributed by atoms with E-state index in [1.165, 1.54) is 12.1 Å². The number of ether oxygens (including phenoxy) is 6. The number of nitrogens with zero attached hydrogens (tertiary/aromatic N) is 5. The van der Waals surface area contributed by atoms with Crippen molar-refractivity contribution in [3.63, 3.8) is 0 Å². The van der Waals surface area contributed by atoms with Crippen LogP contribution in [0.4, 0.5) is 16.2 Å². The molecule has 1 atom stereocenters. The molecular weight excluding hydrogens is 877 g/mol. The van der Waals surface area contributed by atoms with Gasteiger partial charge in [-0.05, 0) is 67.3 Å². The van der Waals surface area contributed by atoms with Crippen LogP contribution in [0, 0.1) is 0 Å². The zero-order valence-corrected chi connectivity index (χ0v) is 39.5. The molecule has 3 aromatic rings. The Morgan fingerprint density at radius 1 is 0.735 bits per heavy atom. The summed E-state index contributed by atoms with van der Waals surface area (Å²) in [6.07, 6.45) is 3.32. The molecule has 3 N–H and O–H groups in total. The van der Waals surface area contributed by atoms with Crippen LogP contribution in [-0.2, 0) is 35.0 Å². The second-order valence-corrected chi connectivity index (χ2v) is 16.0. The van der Waals surface area contributed by atoms with Crippen LogP contribution in [-0.4, -0.2) is 177 Å². The minimum Gasteiger partial charge on any atom is -0.493 e. The lowest BCUT2D eigenvalue weighted by Crippen LogP contribution is -2.49. The molecule has 19 nitrogen and oxygen atoms in total. The van der Waals surface area contributed by atoms with Crippen LogP contribution in [0.1, 0.15) is 56.7 Å². The largest absolute Gasteiger partial charge is 0.493 e. The van der Waals surface area contributed by atoms with Crippen LogP contribution in [0.2, 0.25) is 0 Å². The number of allylic oxidation sites excluding steroid dienone is 1. The van der Waals surface area contributed by atoms with Gasteiger partial charge in [0.25, 0.3) is 11.8 Å². The average Bonchev–Trinajstić information content (AvgIpc) is 3.48. The van der Waals surface area contributed by atoms with E-state index in [0.717, 1.165) is 27.3 Å². The van der Waals surface area contributed by atoms with Crippen molar-refractivity contribution in [3.05, 3.63) is 95.1 Å². The number of carbonyl (C=O) groups excluding carboxylic acids is 5. The lowest BCUT2D eigenvalue weighted by atomic mass is 9.95. The normalized spacial score (nSPS) is 15.0. The van der Waals surface area contributed by atoms with Crippen LogP contribution < -0.4 is 30.3 Å². The van der Waals surface area contributed by atoms with E-state index in [4.69, 9.17) is 33.5 Å². The van der Waals surface area contributed by atoms with Crippen molar-refractivity contribution in [2.75, 3.05) is 131 Å². The third-order valence-electron chi connectivity index (χ3n) is 11.8. The molecule has 0 saturated carbocycles. The highest BCUT2D eigenvalue weighted by Gasteiger charge is 2.42. The Labute approximate surface area is 397 Å². The van der Waals surface area contributed by atoms with Gasteiger partial charge >= 0.3 is 6.03 Å². The molecule has 0 aromatic heterocycles. The fraction of sp³-hybridized carbons (Fsp3) is 0.469. The summed E-state index contributed by atoms with van der Waals surface area (Å²) in [6.45, 7) is 10.2. The minimum absolute atomic E-state index is 0.0582. The van der Waals surface area contributed by atoms with Crippen molar-refractivity contribution in [2.45, 2.75) is 31.7 Å². The topological polar surface area (TPSA) is 202 Å². The van der Waals surface area contributed by atoms with E-state index in [2.05, 4.69) is 27.4 Å². The van der Waals surface area contributed by atoms with Gasteiger partial charge in [-0.3, -0.25) is 24.1 Å². The van der Waals surface area contributed by atoms with Crippen molar-refractivity contribution in [3.8, 4) is 11.5 Å². The van der Waals surface area contributed by atoms with Gasteiger partial charge in [0.1, 0.15) is 6.04 Å². The summed E-state index contributed by atoms with van der Waals surface area (Å²) < 4.78 is 33.6. The second kappa shape index (κ2) is 25.6. The molecular formula is C49H64N8O11. The molecule has 1 unspecified atom stereocenters. The first-order valence-electron chi connectivity index (χ1n) is 23.0. The van der Waals surface area contributed by atoms with Crippen LogP contribution >= 0.6 is 0 Å². The van der Waals surface area contributed by atoms with Crippen LogP contribution in [0.25, 0.3) is 0 Å². The summed E-state index contributed by atoms with van der Waals surface area (Å²) in [7, 11) is 6.26. The molecule has 3 aliphatic rings. The van der Waals surface area contributed by atoms with Gasteiger partial charge in [0, 0.05) is 69.3 Å². The van der Waals surface area contributed by atoms with E-state index in [1.54, 1.807) is 45.5 Å². The standard InChI is InChI=1S/C49H64N8O11/c1-6-7-8-41(46(59)50-2)57-47(60)38-14-11-36(32-40(38)48(57)61)52-17-24-66-26-28-68-30-29-67-27-25-65-23-16-44(58)55-21-19-54(20-22-55)37-12-9-34(10-13-37)45-39-33-43(64-5)42(63-4)31-35(39)15-18-56(53-45)49(62)51-3/h6,9-14,31-33,41,52H,1,7-8,15-30H2,2-5H3,(H,50,59)(H,51,62). The zero-order valence-electron chi connectivity index (χ0n) is 39.5. The predicted molar refractivity (Wildman–Crippen MR) is 256 cm³/mol. The van der Waals surface area contributed by atoms with Gasteiger partial charge in [-0.2, -0.15) is 5.10 Å². The molecule has 0 spiro atoms. The first-order chi connectivity index (χ1) is 33.1. The number of imide groups is 1. The maximum atomic E-state index is 13.2. The number of methoxy groups -OCH3 is 2. The summed E-state index contributed by atoms with van der Waals surface area (Å²) in [4.78, 5) is 69.5. The van der Waals surface area contributed by atoms with Gasteiger partial charge < -0.3 is 54.2 Å². The number of anilines is 2. The molecule has 1 fully saturated rings. The van der Waals surface area contributed by atoms with E-state index >= 15 is 0 Å². The number of nitrogens with one attached hydrogen (secondary N) is 3. The van der Waals surface area contributed by atoms with Crippen LogP contribution in [0.3, 0.4) is 0 Å². The second-order valence-electron chi connectivity index (χ2n) is 16.0. The van der Waals surface area contributed by atoms with Crippen LogP contribution in [0.15, 0.2) is 72.4 Å². The third kappa shape index (κ3) is 12.9. The van der Waals surface area contributed by atoms with Crippen molar-refractivity contribution in [2.24, 2.45) is 5.10 Å². The van der Waals surface area contributed by atoms with Gasteiger partial charge in [-0.15, -0.1) is 6.58 Å². The van der Waals surface area contributed by atoms with E-state index in [9.17, 15) is 24.0 Å². The van der Waals surface area contributed by atoms with E-state index in [1.807, 2.05) is 41.3 Å². The van der Waals surface area contributed by atoms with Crippen molar-refractivity contribution < 1.29 is 52.4 Å². The Kier molecular flexibility index (Phi) is 19.1. The lowest BCUT2D eigenvalue weighted by molar-refractivity contribution is -0.132. The Balaban J connectivity index is 0.803. The molecule has 6 amide bonds. The molecule has 3 aromatic carbocycles. The monoisotopic (exact) mass is 940 g/mol.